The minimum atomic E-state index is 0.913. The second kappa shape index (κ2) is 14.1. The molecule has 0 spiro atoms. The van der Waals surface area contributed by atoms with Crippen molar-refractivity contribution >= 4 is 26.3 Å². The monoisotopic (exact) mass is 358 g/mol. The van der Waals surface area contributed by atoms with Crippen LogP contribution in [0.3, 0.4) is 0 Å². The van der Waals surface area contributed by atoms with Crippen LogP contribution in [0.4, 0.5) is 0 Å². The van der Waals surface area contributed by atoms with Gasteiger partial charge in [0, 0.05) is 0 Å². The molecule has 0 aliphatic heterocycles. The van der Waals surface area contributed by atoms with Crippen molar-refractivity contribution in [3.8, 4) is 0 Å². The van der Waals surface area contributed by atoms with E-state index in [1.807, 2.05) is 0 Å². The van der Waals surface area contributed by atoms with Crippen LogP contribution < -0.4 is 0 Å². The molecule has 0 aromatic heterocycles. The molecule has 0 aromatic rings. The molecule has 0 radical (unpaired) electrons. The summed E-state index contributed by atoms with van der Waals surface area (Å²) in [6.07, 6.45) is 11.8. The predicted octanol–water partition coefficient (Wildman–Crippen LogP) is 4.94. The van der Waals surface area contributed by atoms with Gasteiger partial charge in [0.15, 0.2) is 0 Å². The summed E-state index contributed by atoms with van der Waals surface area (Å²) in [5.74, 6) is 0.913. The summed E-state index contributed by atoms with van der Waals surface area (Å²) in [6.45, 7) is 6.97. The van der Waals surface area contributed by atoms with Gasteiger partial charge in [-0.1, -0.05) is 0 Å². The van der Waals surface area contributed by atoms with Crippen LogP contribution in [0.15, 0.2) is 0 Å². The zero-order valence-corrected chi connectivity index (χ0v) is 14.9. The first-order valence-electron chi connectivity index (χ1n) is 7.01. The predicted molar refractivity (Wildman–Crippen MR) is 78.6 cm³/mol. The van der Waals surface area contributed by atoms with Crippen LogP contribution in [0.2, 0.25) is 10.6 Å². The van der Waals surface area contributed by atoms with Crippen molar-refractivity contribution in [3.05, 3.63) is 0 Å². The number of unbranched alkanes of at least 4 members (excludes halogenated alkanes) is 5. The first kappa shape index (κ1) is 17.0. The molecule has 0 heterocycles. The molecule has 0 unspecified atom stereocenters. The third kappa shape index (κ3) is 15.0. The Kier molecular flexibility index (Phi) is 15.0. The zero-order valence-electron chi connectivity index (χ0n) is 11.5. The second-order valence-corrected chi connectivity index (χ2v) is 12.8. The Morgan fingerprint density at radius 3 is 1.88 bits per heavy atom. The van der Waals surface area contributed by atoms with Gasteiger partial charge < -0.3 is 0 Å². The molecule has 0 bridgehead atoms. The molecule has 0 saturated carbocycles. The summed E-state index contributed by atoms with van der Waals surface area (Å²) in [7, 11) is 0. The van der Waals surface area contributed by atoms with Crippen LogP contribution in [0.5, 0.6) is 0 Å². The van der Waals surface area contributed by atoms with E-state index in [-0.39, 0.29) is 0 Å². The molecule has 0 N–H and O–H groups in total. The Hall–Kier alpha value is 1.04. The summed E-state index contributed by atoms with van der Waals surface area (Å²) in [5, 5.41) is 3.13. The zero-order chi connectivity index (χ0) is 12.1. The second-order valence-electron chi connectivity index (χ2n) is 4.95. The van der Waals surface area contributed by atoms with E-state index in [0.717, 1.165) is 32.2 Å². The van der Waals surface area contributed by atoms with Gasteiger partial charge in [0.1, 0.15) is 0 Å². The Morgan fingerprint density at radius 2 is 1.31 bits per heavy atom. The van der Waals surface area contributed by atoms with Gasteiger partial charge in [-0.05, 0) is 0 Å². The molecule has 2 heteroatoms. The average Bonchev–Trinajstić information content (AvgIpc) is 2.25. The molecule has 16 heavy (non-hydrogen) atoms. The molecule has 0 saturated heterocycles. The third-order valence-electron chi connectivity index (χ3n) is 2.67. The average molecular weight is 356 g/mol. The Balaban J connectivity index is 2.88. The van der Waals surface area contributed by atoms with Crippen molar-refractivity contribution in [2.45, 2.75) is 82.8 Å². The van der Waals surface area contributed by atoms with Crippen molar-refractivity contribution in [1.29, 1.82) is 0 Å². The first-order chi connectivity index (χ1) is 7.77. The Morgan fingerprint density at radius 1 is 0.750 bits per heavy atom. The molecular weight excluding hydrogens is 326 g/mol. The van der Waals surface area contributed by atoms with Crippen molar-refractivity contribution in [2.75, 3.05) is 0 Å². The van der Waals surface area contributed by atoms with E-state index in [9.17, 15) is 0 Å². The number of rotatable bonds is 12. The van der Waals surface area contributed by atoms with E-state index in [4.69, 9.17) is 0 Å². The fourth-order valence-corrected chi connectivity index (χ4v) is 8.58. The van der Waals surface area contributed by atoms with Crippen LogP contribution in [0.25, 0.3) is 0 Å². The van der Waals surface area contributed by atoms with Gasteiger partial charge in [-0.25, -0.2) is 0 Å². The molecule has 98 valence electrons. The quantitative estimate of drug-likeness (QED) is 0.343. The van der Waals surface area contributed by atoms with Crippen molar-refractivity contribution in [3.63, 3.8) is 0 Å². The van der Waals surface area contributed by atoms with E-state index in [1.54, 1.807) is 10.6 Å². The summed E-state index contributed by atoms with van der Waals surface area (Å²) in [4.78, 5) is 0. The molecule has 0 fully saturated rings. The van der Waals surface area contributed by atoms with E-state index in [2.05, 4.69) is 20.8 Å². The fraction of sp³-hybridized carbons (Fsp3) is 1.00. The number of hydrogen-bond acceptors (Lipinski definition) is 0. The van der Waals surface area contributed by atoms with Crippen LogP contribution >= 0.6 is 0 Å². The van der Waals surface area contributed by atoms with Gasteiger partial charge in [-0.15, -0.1) is 0 Å². The van der Waals surface area contributed by atoms with Crippen LogP contribution in [0, 0.1) is 5.92 Å². The van der Waals surface area contributed by atoms with Crippen molar-refractivity contribution in [1.82, 2.24) is 0 Å². The van der Waals surface area contributed by atoms with Crippen molar-refractivity contribution in [2.24, 2.45) is 5.92 Å². The number of hydrogen-bond donors (Lipinski definition) is 0. The minimum absolute atomic E-state index is 0.913. The van der Waals surface area contributed by atoms with Gasteiger partial charge in [0.05, 0.1) is 0 Å². The van der Waals surface area contributed by atoms with Gasteiger partial charge in [0.2, 0.25) is 0 Å². The molecule has 0 aliphatic rings. The first-order valence-corrected chi connectivity index (χ1v) is 13.8. The van der Waals surface area contributed by atoms with Crippen LogP contribution in [-0.2, 0) is 0 Å². The molecule has 0 aliphatic carbocycles. The molecule has 0 rings (SSSR count). The molecule has 0 atom stereocenters. The summed E-state index contributed by atoms with van der Waals surface area (Å²) in [6, 6.07) is 0. The molecule has 0 aromatic carbocycles. The van der Waals surface area contributed by atoms with Gasteiger partial charge in [-0.2, -0.15) is 0 Å². The van der Waals surface area contributed by atoms with Crippen LogP contribution in [-0.4, -0.2) is 26.3 Å². The Bertz CT molecular complexity index is 124. The summed E-state index contributed by atoms with van der Waals surface area (Å²) < 4.78 is 0. The molecular formula is C14H30Se2. The van der Waals surface area contributed by atoms with Crippen molar-refractivity contribution < 1.29 is 0 Å². The third-order valence-corrected chi connectivity index (χ3v) is 10.4. The summed E-state index contributed by atoms with van der Waals surface area (Å²) in [5.41, 5.74) is 0. The fourth-order valence-electron chi connectivity index (χ4n) is 1.60. The van der Waals surface area contributed by atoms with Gasteiger partial charge in [0.25, 0.3) is 0 Å². The van der Waals surface area contributed by atoms with E-state index in [0.29, 0.717) is 0 Å². The SMILES string of the molecule is CCCCCCC[Se][Se]CCCCC(C)C. The maximum atomic E-state index is 2.34. The molecule has 0 nitrogen and oxygen atoms in total. The van der Waals surface area contributed by atoms with E-state index in [1.165, 1.54) is 51.4 Å². The van der Waals surface area contributed by atoms with E-state index < -0.39 is 0 Å². The molecule has 0 amide bonds. The van der Waals surface area contributed by atoms with Crippen LogP contribution in [0.1, 0.15) is 72.1 Å². The summed E-state index contributed by atoms with van der Waals surface area (Å²) >= 11 is 2.05. The normalized spacial score (nSPS) is 11.2. The van der Waals surface area contributed by atoms with Gasteiger partial charge in [-0.3, -0.25) is 0 Å². The topological polar surface area (TPSA) is 0 Å². The van der Waals surface area contributed by atoms with E-state index >= 15 is 0 Å². The Labute approximate surface area is 115 Å². The standard InChI is InChI=1S/C14H30Se2/c1-4-5-6-7-9-12-15-16-13-10-8-11-14(2)3/h14H,4-13H2,1-3H3. The van der Waals surface area contributed by atoms with Gasteiger partial charge >= 0.3 is 115 Å². The maximum absolute atomic E-state index is 2.34.